The van der Waals surface area contributed by atoms with Gasteiger partial charge in [0.15, 0.2) is 0 Å². The SMILES string of the molecule is CCc1cc(F)cc(-c2cc(C(C)(C)CC(C)(C)C)cc(-n3c4cc(C(C)(C)C)ccc4c4ccc(C(C)(C)C)cc43)c2O)c1OC. The Balaban J connectivity index is 2.00. The Kier molecular flexibility index (Phi) is 8.61. The molecule has 3 nitrogen and oxygen atoms in total. The van der Waals surface area contributed by atoms with Crippen LogP contribution in [0.25, 0.3) is 38.6 Å². The summed E-state index contributed by atoms with van der Waals surface area (Å²) < 4.78 is 23.4. The van der Waals surface area contributed by atoms with E-state index in [4.69, 9.17) is 4.74 Å². The van der Waals surface area contributed by atoms with Gasteiger partial charge in [-0.3, -0.25) is 0 Å². The van der Waals surface area contributed by atoms with Crippen LogP contribution in [0.4, 0.5) is 4.39 Å². The maximum Gasteiger partial charge on any atom is 0.147 e. The average Bonchev–Trinajstić information content (AvgIpc) is 3.27. The number of phenolic OH excluding ortho intramolecular Hbond substituents is 1. The second kappa shape index (κ2) is 11.7. The van der Waals surface area contributed by atoms with Crippen molar-refractivity contribution in [2.75, 3.05) is 7.11 Å². The van der Waals surface area contributed by atoms with Crippen LogP contribution in [0.2, 0.25) is 0 Å². The zero-order valence-corrected chi connectivity index (χ0v) is 30.9. The summed E-state index contributed by atoms with van der Waals surface area (Å²) >= 11 is 0. The first-order valence-electron chi connectivity index (χ1n) is 17.0. The Labute approximate surface area is 281 Å². The second-order valence-electron chi connectivity index (χ2n) is 17.3. The van der Waals surface area contributed by atoms with Gasteiger partial charge in [0.05, 0.1) is 23.8 Å². The molecule has 0 aliphatic heterocycles. The molecule has 0 atom stereocenters. The molecule has 0 aliphatic carbocycles. The van der Waals surface area contributed by atoms with Crippen molar-refractivity contribution in [3.8, 4) is 28.3 Å². The zero-order chi connectivity index (χ0) is 34.9. The molecule has 0 saturated carbocycles. The number of methoxy groups -OCH3 is 1. The monoisotopic (exact) mass is 635 g/mol. The number of hydrogen-bond acceptors (Lipinski definition) is 2. The fraction of sp³-hybridized carbons (Fsp3) is 0.442. The summed E-state index contributed by atoms with van der Waals surface area (Å²) in [5.41, 5.74) is 7.82. The molecule has 0 aliphatic rings. The fourth-order valence-electron chi connectivity index (χ4n) is 7.38. The minimum Gasteiger partial charge on any atom is -0.505 e. The third kappa shape index (κ3) is 6.53. The Morgan fingerprint density at radius 3 is 1.66 bits per heavy atom. The van der Waals surface area contributed by atoms with Gasteiger partial charge in [0.1, 0.15) is 17.3 Å². The van der Waals surface area contributed by atoms with Gasteiger partial charge in [-0.05, 0) is 93.2 Å². The molecule has 4 heteroatoms. The van der Waals surface area contributed by atoms with Crippen molar-refractivity contribution in [3.05, 3.63) is 88.7 Å². The molecule has 5 aromatic rings. The first kappa shape index (κ1) is 34.5. The van der Waals surface area contributed by atoms with Gasteiger partial charge in [-0.1, -0.05) is 107 Å². The van der Waals surface area contributed by atoms with Gasteiger partial charge >= 0.3 is 0 Å². The summed E-state index contributed by atoms with van der Waals surface area (Å²) in [5.74, 6) is 0.347. The summed E-state index contributed by atoms with van der Waals surface area (Å²) in [4.78, 5) is 0. The summed E-state index contributed by atoms with van der Waals surface area (Å²) in [6, 6.07) is 20.7. The van der Waals surface area contributed by atoms with Crippen LogP contribution in [0.5, 0.6) is 11.5 Å². The number of rotatable bonds is 6. The number of hydrogen-bond donors (Lipinski definition) is 1. The standard InChI is InChI=1S/C43H54FNO2/c1-14-26-19-30(44)24-34(39(26)47-13)33-20-29(43(11,12)25-40(2,3)4)23-37(38(33)46)45-35-21-27(41(5,6)7)15-17-31(35)32-18-16-28(22-36(32)45)42(8,9)10/h15-24,46H,14,25H2,1-13H3. The summed E-state index contributed by atoms with van der Waals surface area (Å²) in [6.07, 6.45) is 1.52. The summed E-state index contributed by atoms with van der Waals surface area (Å²) in [6.45, 7) is 26.7. The van der Waals surface area contributed by atoms with Gasteiger partial charge in [-0.25, -0.2) is 4.39 Å². The Morgan fingerprint density at radius 1 is 0.681 bits per heavy atom. The van der Waals surface area contributed by atoms with E-state index in [0.717, 1.165) is 39.4 Å². The lowest BCUT2D eigenvalue weighted by molar-refractivity contribution is 0.284. The number of ether oxygens (including phenoxy) is 1. The van der Waals surface area contributed by atoms with E-state index in [-0.39, 0.29) is 33.2 Å². The summed E-state index contributed by atoms with van der Waals surface area (Å²) in [7, 11) is 1.62. The lowest BCUT2D eigenvalue weighted by Gasteiger charge is -2.34. The van der Waals surface area contributed by atoms with Crippen LogP contribution in [0.1, 0.15) is 112 Å². The Morgan fingerprint density at radius 2 is 1.21 bits per heavy atom. The second-order valence-corrected chi connectivity index (χ2v) is 17.3. The number of halogens is 1. The van der Waals surface area contributed by atoms with Crippen LogP contribution < -0.4 is 4.74 Å². The molecule has 1 aromatic heterocycles. The van der Waals surface area contributed by atoms with Crippen molar-refractivity contribution in [1.82, 2.24) is 4.57 Å². The number of aryl methyl sites for hydroxylation is 1. The maximum atomic E-state index is 15.3. The predicted octanol–water partition coefficient (Wildman–Crippen LogP) is 12.2. The van der Waals surface area contributed by atoms with E-state index < -0.39 is 0 Å². The van der Waals surface area contributed by atoms with E-state index >= 15 is 4.39 Å². The molecule has 47 heavy (non-hydrogen) atoms. The van der Waals surface area contributed by atoms with Crippen LogP contribution >= 0.6 is 0 Å². The van der Waals surface area contributed by atoms with Crippen molar-refractivity contribution in [3.63, 3.8) is 0 Å². The number of aromatic hydroxyl groups is 1. The van der Waals surface area contributed by atoms with Crippen molar-refractivity contribution in [1.29, 1.82) is 0 Å². The molecular weight excluding hydrogens is 581 g/mol. The van der Waals surface area contributed by atoms with Crippen LogP contribution in [-0.4, -0.2) is 16.8 Å². The lowest BCUT2D eigenvalue weighted by Crippen LogP contribution is -2.25. The molecule has 0 unspecified atom stereocenters. The summed E-state index contributed by atoms with van der Waals surface area (Å²) in [5, 5.41) is 14.7. The van der Waals surface area contributed by atoms with Crippen LogP contribution in [0.3, 0.4) is 0 Å². The highest BCUT2D eigenvalue weighted by Gasteiger charge is 2.31. The predicted molar refractivity (Wildman–Crippen MR) is 198 cm³/mol. The molecule has 0 radical (unpaired) electrons. The fourth-order valence-corrected chi connectivity index (χ4v) is 7.38. The van der Waals surface area contributed by atoms with E-state index in [1.807, 2.05) is 6.92 Å². The largest absolute Gasteiger partial charge is 0.505 e. The molecule has 0 amide bonds. The van der Waals surface area contributed by atoms with Crippen LogP contribution in [-0.2, 0) is 22.7 Å². The third-order valence-corrected chi connectivity index (χ3v) is 9.59. The molecule has 1 N–H and O–H groups in total. The molecule has 4 aromatic carbocycles. The minimum absolute atomic E-state index is 0.0592. The lowest BCUT2D eigenvalue weighted by atomic mass is 9.71. The minimum atomic E-state index is -0.348. The van der Waals surface area contributed by atoms with E-state index in [1.54, 1.807) is 7.11 Å². The van der Waals surface area contributed by atoms with Crippen molar-refractivity contribution in [2.24, 2.45) is 5.41 Å². The van der Waals surface area contributed by atoms with Gasteiger partial charge < -0.3 is 14.4 Å². The van der Waals surface area contributed by atoms with Gasteiger partial charge in [-0.15, -0.1) is 0 Å². The molecule has 0 spiro atoms. The average molecular weight is 636 g/mol. The van der Waals surface area contributed by atoms with E-state index in [2.05, 4.69) is 129 Å². The van der Waals surface area contributed by atoms with Gasteiger partial charge in [0.25, 0.3) is 0 Å². The number of nitrogens with zero attached hydrogens (tertiary/aromatic N) is 1. The first-order valence-corrected chi connectivity index (χ1v) is 17.0. The quantitative estimate of drug-likeness (QED) is 0.201. The highest BCUT2D eigenvalue weighted by atomic mass is 19.1. The highest BCUT2D eigenvalue weighted by molar-refractivity contribution is 6.10. The number of phenols is 1. The maximum absolute atomic E-state index is 15.3. The molecule has 0 bridgehead atoms. The topological polar surface area (TPSA) is 34.4 Å². The number of fused-ring (bicyclic) bond motifs is 3. The van der Waals surface area contributed by atoms with E-state index in [1.165, 1.54) is 23.3 Å². The van der Waals surface area contributed by atoms with Gasteiger partial charge in [-0.2, -0.15) is 0 Å². The Hall–Kier alpha value is -3.79. The Bertz CT molecular complexity index is 1900. The molecule has 0 fully saturated rings. The first-order chi connectivity index (χ1) is 21.7. The van der Waals surface area contributed by atoms with E-state index in [0.29, 0.717) is 29.0 Å². The van der Waals surface area contributed by atoms with Crippen LogP contribution in [0, 0.1) is 11.2 Å². The normalized spacial score (nSPS) is 13.1. The highest BCUT2D eigenvalue weighted by Crippen LogP contribution is 2.48. The van der Waals surface area contributed by atoms with Crippen molar-refractivity contribution >= 4 is 21.8 Å². The molecule has 5 rings (SSSR count). The van der Waals surface area contributed by atoms with Crippen LogP contribution in [0.15, 0.2) is 60.7 Å². The smallest absolute Gasteiger partial charge is 0.147 e. The molecule has 250 valence electrons. The molecule has 1 heterocycles. The van der Waals surface area contributed by atoms with Gasteiger partial charge in [0.2, 0.25) is 0 Å². The molecular formula is C43H54FNO2. The third-order valence-electron chi connectivity index (χ3n) is 9.59. The number of benzene rings is 4. The van der Waals surface area contributed by atoms with E-state index in [9.17, 15) is 5.11 Å². The molecule has 0 saturated heterocycles. The van der Waals surface area contributed by atoms with Crippen molar-refractivity contribution < 1.29 is 14.2 Å². The van der Waals surface area contributed by atoms with Crippen molar-refractivity contribution in [2.45, 2.75) is 112 Å². The number of aromatic nitrogens is 1. The zero-order valence-electron chi connectivity index (χ0n) is 30.9. The van der Waals surface area contributed by atoms with Gasteiger partial charge in [0, 0.05) is 21.9 Å².